The van der Waals surface area contributed by atoms with E-state index in [9.17, 15) is 10.1 Å². The van der Waals surface area contributed by atoms with E-state index >= 15 is 0 Å². The minimum Gasteiger partial charge on any atom is -0.456 e. The molecule has 3 aromatic carbocycles. The Balaban J connectivity index is 1.88. The average molecular weight is 330 g/mol. The summed E-state index contributed by atoms with van der Waals surface area (Å²) in [4.78, 5) is 15.2. The van der Waals surface area contributed by atoms with Gasteiger partial charge >= 0.3 is 0 Å². The number of fused-ring (bicyclic) bond motifs is 3. The molecule has 0 aliphatic heterocycles. The molecule has 0 spiro atoms. The third-order valence-electron chi connectivity index (χ3n) is 4.11. The molecular formula is C20H14N2O3. The SMILES string of the molecule is Cc1ccc(N=Cc2cccc3oc4ccc([N+](=O)[O-])cc4c23)cc1. The van der Waals surface area contributed by atoms with Crippen molar-refractivity contribution in [2.24, 2.45) is 4.99 Å². The first kappa shape index (κ1) is 15.1. The third kappa shape index (κ3) is 2.76. The van der Waals surface area contributed by atoms with Crippen LogP contribution in [-0.2, 0) is 0 Å². The van der Waals surface area contributed by atoms with E-state index in [0.717, 1.165) is 22.0 Å². The molecule has 0 aliphatic carbocycles. The van der Waals surface area contributed by atoms with Crippen molar-refractivity contribution in [3.63, 3.8) is 0 Å². The van der Waals surface area contributed by atoms with Crippen LogP contribution in [0.2, 0.25) is 0 Å². The van der Waals surface area contributed by atoms with Crippen molar-refractivity contribution in [3.05, 3.63) is 81.9 Å². The standard InChI is InChI=1S/C20H14N2O3/c1-13-5-7-15(8-6-13)21-12-14-3-2-4-19-20(14)17-11-16(22(23)24)9-10-18(17)25-19/h2-12H,1H3. The first-order chi connectivity index (χ1) is 12.1. The molecule has 5 heteroatoms. The molecule has 25 heavy (non-hydrogen) atoms. The second-order valence-electron chi connectivity index (χ2n) is 5.85. The van der Waals surface area contributed by atoms with Crippen molar-refractivity contribution < 1.29 is 9.34 Å². The Kier molecular flexibility index (Phi) is 3.54. The van der Waals surface area contributed by atoms with E-state index in [-0.39, 0.29) is 5.69 Å². The van der Waals surface area contributed by atoms with Crippen LogP contribution in [0.25, 0.3) is 21.9 Å². The number of nitro groups is 1. The van der Waals surface area contributed by atoms with Gasteiger partial charge in [0.05, 0.1) is 10.6 Å². The number of nitrogens with zero attached hydrogens (tertiary/aromatic N) is 2. The van der Waals surface area contributed by atoms with E-state index in [0.29, 0.717) is 11.2 Å². The Morgan fingerprint density at radius 2 is 1.84 bits per heavy atom. The molecule has 0 atom stereocenters. The highest BCUT2D eigenvalue weighted by molar-refractivity contribution is 6.13. The highest BCUT2D eigenvalue weighted by Gasteiger charge is 2.14. The molecule has 0 unspecified atom stereocenters. The van der Waals surface area contributed by atoms with Gasteiger partial charge in [-0.3, -0.25) is 15.1 Å². The fourth-order valence-corrected chi connectivity index (χ4v) is 2.84. The molecule has 122 valence electrons. The second-order valence-corrected chi connectivity index (χ2v) is 5.85. The summed E-state index contributed by atoms with van der Waals surface area (Å²) in [6.07, 6.45) is 1.76. The summed E-state index contributed by atoms with van der Waals surface area (Å²) < 4.78 is 5.81. The van der Waals surface area contributed by atoms with Crippen LogP contribution < -0.4 is 0 Å². The van der Waals surface area contributed by atoms with E-state index in [2.05, 4.69) is 4.99 Å². The van der Waals surface area contributed by atoms with E-state index in [1.807, 2.05) is 49.4 Å². The predicted octanol–water partition coefficient (Wildman–Crippen LogP) is 5.55. The maximum absolute atomic E-state index is 11.1. The Morgan fingerprint density at radius 3 is 2.60 bits per heavy atom. The van der Waals surface area contributed by atoms with Crippen LogP contribution in [-0.4, -0.2) is 11.1 Å². The lowest BCUT2D eigenvalue weighted by molar-refractivity contribution is -0.384. The minimum absolute atomic E-state index is 0.0421. The number of aliphatic imine (C=N–C) groups is 1. The summed E-state index contributed by atoms with van der Waals surface area (Å²) in [5, 5.41) is 12.6. The molecule has 0 N–H and O–H groups in total. The molecule has 5 nitrogen and oxygen atoms in total. The number of rotatable bonds is 3. The lowest BCUT2D eigenvalue weighted by atomic mass is 10.1. The van der Waals surface area contributed by atoms with Gasteiger partial charge in [-0.1, -0.05) is 29.8 Å². The van der Waals surface area contributed by atoms with Crippen molar-refractivity contribution in [1.82, 2.24) is 0 Å². The second kappa shape index (κ2) is 5.87. The van der Waals surface area contributed by atoms with Crippen LogP contribution in [0.3, 0.4) is 0 Å². The van der Waals surface area contributed by atoms with Gasteiger partial charge in [0.1, 0.15) is 11.2 Å². The van der Waals surface area contributed by atoms with Crippen LogP contribution in [0, 0.1) is 17.0 Å². The Morgan fingerprint density at radius 1 is 1.04 bits per heavy atom. The average Bonchev–Trinajstić information content (AvgIpc) is 2.99. The number of non-ortho nitro benzene ring substituents is 1. The van der Waals surface area contributed by atoms with Crippen LogP contribution in [0.1, 0.15) is 11.1 Å². The van der Waals surface area contributed by atoms with Crippen molar-refractivity contribution >= 4 is 39.5 Å². The summed E-state index contributed by atoms with van der Waals surface area (Å²) in [5.74, 6) is 0. The zero-order valence-electron chi connectivity index (χ0n) is 13.5. The van der Waals surface area contributed by atoms with E-state index in [1.165, 1.54) is 11.6 Å². The Bertz CT molecular complexity index is 1130. The number of hydrogen-bond acceptors (Lipinski definition) is 4. The molecule has 1 aromatic heterocycles. The monoisotopic (exact) mass is 330 g/mol. The summed E-state index contributed by atoms with van der Waals surface area (Å²) in [6.45, 7) is 2.03. The maximum atomic E-state index is 11.1. The fourth-order valence-electron chi connectivity index (χ4n) is 2.84. The molecule has 0 bridgehead atoms. The van der Waals surface area contributed by atoms with Gasteiger partial charge in [-0.2, -0.15) is 0 Å². The smallest absolute Gasteiger partial charge is 0.270 e. The normalized spacial score (nSPS) is 11.6. The molecule has 0 amide bonds. The summed E-state index contributed by atoms with van der Waals surface area (Å²) >= 11 is 0. The first-order valence-corrected chi connectivity index (χ1v) is 7.82. The summed E-state index contributed by atoms with van der Waals surface area (Å²) in [7, 11) is 0. The highest BCUT2D eigenvalue weighted by Crippen LogP contribution is 2.33. The quantitative estimate of drug-likeness (QED) is 0.281. The number of hydrogen-bond donors (Lipinski definition) is 0. The van der Waals surface area contributed by atoms with Crippen LogP contribution >= 0.6 is 0 Å². The van der Waals surface area contributed by atoms with Gasteiger partial charge in [0.2, 0.25) is 0 Å². The van der Waals surface area contributed by atoms with E-state index in [4.69, 9.17) is 4.42 Å². The van der Waals surface area contributed by atoms with E-state index in [1.54, 1.807) is 18.3 Å². The molecule has 0 saturated carbocycles. The number of aryl methyl sites for hydroxylation is 1. The van der Waals surface area contributed by atoms with Gasteiger partial charge in [-0.05, 0) is 31.2 Å². The zero-order chi connectivity index (χ0) is 17.4. The third-order valence-corrected chi connectivity index (χ3v) is 4.11. The molecule has 0 radical (unpaired) electrons. The molecular weight excluding hydrogens is 316 g/mol. The minimum atomic E-state index is -0.402. The van der Waals surface area contributed by atoms with Crippen molar-refractivity contribution in [1.29, 1.82) is 0 Å². The van der Waals surface area contributed by atoms with Crippen molar-refractivity contribution in [2.45, 2.75) is 6.92 Å². The van der Waals surface area contributed by atoms with Gasteiger partial charge in [-0.25, -0.2) is 0 Å². The highest BCUT2D eigenvalue weighted by atomic mass is 16.6. The fraction of sp³-hybridized carbons (Fsp3) is 0.0500. The molecule has 0 saturated heterocycles. The molecule has 4 rings (SSSR count). The van der Waals surface area contributed by atoms with Gasteiger partial charge in [-0.15, -0.1) is 0 Å². The zero-order valence-corrected chi connectivity index (χ0v) is 13.5. The molecule has 1 heterocycles. The lowest BCUT2D eigenvalue weighted by Gasteiger charge is -1.98. The van der Waals surface area contributed by atoms with Crippen molar-refractivity contribution in [2.75, 3.05) is 0 Å². The van der Waals surface area contributed by atoms with Gasteiger partial charge in [0, 0.05) is 34.7 Å². The van der Waals surface area contributed by atoms with Gasteiger partial charge in [0.25, 0.3) is 5.69 Å². The molecule has 0 aliphatic rings. The van der Waals surface area contributed by atoms with Crippen LogP contribution in [0.15, 0.2) is 70.1 Å². The topological polar surface area (TPSA) is 68.6 Å². The summed E-state index contributed by atoms with van der Waals surface area (Å²) in [5.41, 5.74) is 4.23. The van der Waals surface area contributed by atoms with Crippen LogP contribution in [0.5, 0.6) is 0 Å². The Labute approximate surface area is 143 Å². The van der Waals surface area contributed by atoms with Gasteiger partial charge in [0.15, 0.2) is 0 Å². The summed E-state index contributed by atoms with van der Waals surface area (Å²) in [6, 6.07) is 18.2. The predicted molar refractivity (Wildman–Crippen MR) is 98.8 cm³/mol. The van der Waals surface area contributed by atoms with E-state index < -0.39 is 4.92 Å². The number of nitro benzene ring substituents is 1. The molecule has 4 aromatic rings. The number of benzene rings is 3. The van der Waals surface area contributed by atoms with Crippen LogP contribution in [0.4, 0.5) is 11.4 Å². The van der Waals surface area contributed by atoms with Crippen molar-refractivity contribution in [3.8, 4) is 0 Å². The van der Waals surface area contributed by atoms with Gasteiger partial charge < -0.3 is 4.42 Å². The lowest BCUT2D eigenvalue weighted by Crippen LogP contribution is -1.87. The number of furan rings is 1. The molecule has 0 fully saturated rings. The maximum Gasteiger partial charge on any atom is 0.270 e. The largest absolute Gasteiger partial charge is 0.456 e. The first-order valence-electron chi connectivity index (χ1n) is 7.82. The Hall–Kier alpha value is -3.47.